The second kappa shape index (κ2) is 6.80. The van der Waals surface area contributed by atoms with Gasteiger partial charge in [0.2, 0.25) is 0 Å². The van der Waals surface area contributed by atoms with Crippen LogP contribution in [-0.2, 0) is 0 Å². The number of benzene rings is 2. The molecule has 0 fully saturated rings. The summed E-state index contributed by atoms with van der Waals surface area (Å²) in [6, 6.07) is 14.8. The molecule has 0 aliphatic carbocycles. The fraction of sp³-hybridized carbons (Fsp3) is 0.111. The summed E-state index contributed by atoms with van der Waals surface area (Å²) in [6.07, 6.45) is 0. The summed E-state index contributed by atoms with van der Waals surface area (Å²) in [6.45, 7) is 1.80. The van der Waals surface area contributed by atoms with Crippen LogP contribution in [-0.4, -0.2) is 11.0 Å². The highest BCUT2D eigenvalue weighted by atomic mass is 32.1. The van der Waals surface area contributed by atoms with Crippen LogP contribution in [0.1, 0.15) is 18.5 Å². The molecule has 0 saturated heterocycles. The molecular formula is C18H16FN3OS. The van der Waals surface area contributed by atoms with Crippen molar-refractivity contribution in [2.24, 2.45) is 0 Å². The van der Waals surface area contributed by atoms with E-state index in [4.69, 9.17) is 12.2 Å². The molecular weight excluding hydrogens is 325 g/mol. The Hall–Kier alpha value is -2.73. The third-order valence-corrected chi connectivity index (χ3v) is 4.07. The second-order valence-electron chi connectivity index (χ2n) is 5.44. The van der Waals surface area contributed by atoms with Gasteiger partial charge in [-0.15, -0.1) is 0 Å². The van der Waals surface area contributed by atoms with E-state index in [0.29, 0.717) is 10.7 Å². The van der Waals surface area contributed by atoms with Crippen molar-refractivity contribution in [2.45, 2.75) is 13.0 Å². The number of hydrogen-bond donors (Lipinski definition) is 3. The number of allylic oxidation sites excluding steroid dienone is 1. The average molecular weight is 341 g/mol. The lowest BCUT2D eigenvalue weighted by molar-refractivity contribution is 0.239. The number of amides is 2. The summed E-state index contributed by atoms with van der Waals surface area (Å²) in [7, 11) is 0. The summed E-state index contributed by atoms with van der Waals surface area (Å²) >= 11 is 5.54. The van der Waals surface area contributed by atoms with Crippen molar-refractivity contribution in [1.82, 2.24) is 10.6 Å². The van der Waals surface area contributed by atoms with Crippen LogP contribution in [0, 0.1) is 5.82 Å². The molecule has 24 heavy (non-hydrogen) atoms. The van der Waals surface area contributed by atoms with Gasteiger partial charge in [-0.05, 0) is 36.8 Å². The molecule has 1 aliphatic rings. The van der Waals surface area contributed by atoms with E-state index in [-0.39, 0.29) is 11.8 Å². The summed E-state index contributed by atoms with van der Waals surface area (Å²) < 4.78 is 13.2. The normalized spacial score (nSPS) is 17.1. The van der Waals surface area contributed by atoms with Gasteiger partial charge in [0.1, 0.15) is 10.8 Å². The molecule has 0 unspecified atom stereocenters. The van der Waals surface area contributed by atoms with Crippen LogP contribution in [0.25, 0.3) is 0 Å². The lowest BCUT2D eigenvalue weighted by Gasteiger charge is -2.30. The Bertz CT molecular complexity index is 803. The maximum absolute atomic E-state index is 13.2. The molecule has 2 amide bonds. The Kier molecular flexibility index (Phi) is 4.57. The first-order valence-corrected chi connectivity index (χ1v) is 7.85. The first-order valence-electron chi connectivity index (χ1n) is 7.45. The number of para-hydroxylation sites is 1. The van der Waals surface area contributed by atoms with Gasteiger partial charge in [0, 0.05) is 17.0 Å². The lowest BCUT2D eigenvalue weighted by atomic mass is 9.95. The summed E-state index contributed by atoms with van der Waals surface area (Å²) in [5, 5.41) is 8.75. The highest BCUT2D eigenvalue weighted by molar-refractivity contribution is 7.81. The van der Waals surface area contributed by atoms with Crippen LogP contribution in [0.3, 0.4) is 0 Å². The molecule has 1 atom stereocenters. The van der Waals surface area contributed by atoms with Gasteiger partial charge >= 0.3 is 6.03 Å². The summed E-state index contributed by atoms with van der Waals surface area (Å²) in [5.74, 6) is -0.328. The minimum absolute atomic E-state index is 0.312. The molecule has 0 saturated carbocycles. The van der Waals surface area contributed by atoms with Crippen molar-refractivity contribution < 1.29 is 9.18 Å². The van der Waals surface area contributed by atoms with E-state index in [0.717, 1.165) is 16.8 Å². The molecule has 0 bridgehead atoms. The van der Waals surface area contributed by atoms with E-state index >= 15 is 0 Å². The number of rotatable bonds is 3. The Morgan fingerprint density at radius 3 is 2.46 bits per heavy atom. The van der Waals surface area contributed by atoms with Crippen molar-refractivity contribution in [2.75, 3.05) is 5.32 Å². The molecule has 6 heteroatoms. The smallest absolute Gasteiger partial charge is 0.319 e. The number of nitrogens with one attached hydrogen (secondary N) is 3. The zero-order valence-electron chi connectivity index (χ0n) is 13.0. The van der Waals surface area contributed by atoms with Crippen LogP contribution < -0.4 is 16.0 Å². The molecule has 3 rings (SSSR count). The van der Waals surface area contributed by atoms with Gasteiger partial charge in [0.05, 0.1) is 6.04 Å². The summed E-state index contributed by atoms with van der Waals surface area (Å²) in [5.41, 5.74) is 3.04. The van der Waals surface area contributed by atoms with Crippen molar-refractivity contribution in [3.63, 3.8) is 0 Å². The van der Waals surface area contributed by atoms with Gasteiger partial charge in [-0.3, -0.25) is 0 Å². The van der Waals surface area contributed by atoms with Crippen LogP contribution in [0.2, 0.25) is 0 Å². The standard InChI is InChI=1S/C18H16FN3OS/c1-11-15(17(24)21-14-5-3-2-4-6-14)16(22-18(23)20-11)12-7-9-13(19)10-8-12/h2-10,16H,1H3,(H,21,24)(H2,20,22,23)/t16-/m1/s1. The molecule has 2 aromatic carbocycles. The van der Waals surface area contributed by atoms with Crippen LogP contribution in [0.4, 0.5) is 14.9 Å². The number of carbonyl (C=O) groups is 1. The minimum Gasteiger partial charge on any atom is -0.346 e. The van der Waals surface area contributed by atoms with E-state index < -0.39 is 6.04 Å². The van der Waals surface area contributed by atoms with Crippen molar-refractivity contribution in [1.29, 1.82) is 0 Å². The topological polar surface area (TPSA) is 53.2 Å². The predicted octanol–water partition coefficient (Wildman–Crippen LogP) is 3.89. The second-order valence-corrected chi connectivity index (χ2v) is 5.85. The lowest BCUT2D eigenvalue weighted by Crippen LogP contribution is -2.45. The molecule has 1 heterocycles. The van der Waals surface area contributed by atoms with E-state index in [9.17, 15) is 9.18 Å². The third-order valence-electron chi connectivity index (χ3n) is 3.75. The molecule has 4 nitrogen and oxygen atoms in total. The Labute approximate surface area is 144 Å². The Morgan fingerprint density at radius 1 is 1.12 bits per heavy atom. The maximum atomic E-state index is 13.2. The van der Waals surface area contributed by atoms with Gasteiger partial charge in [-0.25, -0.2) is 9.18 Å². The highest BCUT2D eigenvalue weighted by Crippen LogP contribution is 2.28. The Balaban J connectivity index is 1.94. The number of carbonyl (C=O) groups excluding carboxylic acids is 1. The zero-order chi connectivity index (χ0) is 17.1. The Morgan fingerprint density at radius 2 is 1.79 bits per heavy atom. The summed E-state index contributed by atoms with van der Waals surface area (Å²) in [4.78, 5) is 12.4. The quantitative estimate of drug-likeness (QED) is 0.742. The van der Waals surface area contributed by atoms with E-state index in [1.807, 2.05) is 30.3 Å². The number of anilines is 1. The molecule has 3 N–H and O–H groups in total. The van der Waals surface area contributed by atoms with E-state index in [2.05, 4.69) is 16.0 Å². The molecule has 0 aromatic heterocycles. The van der Waals surface area contributed by atoms with Gasteiger partial charge in [-0.2, -0.15) is 0 Å². The van der Waals surface area contributed by atoms with Gasteiger partial charge < -0.3 is 16.0 Å². The van der Waals surface area contributed by atoms with Gasteiger partial charge in [0.15, 0.2) is 0 Å². The van der Waals surface area contributed by atoms with E-state index in [1.54, 1.807) is 19.1 Å². The molecule has 122 valence electrons. The first kappa shape index (κ1) is 16.1. The van der Waals surface area contributed by atoms with E-state index in [1.165, 1.54) is 12.1 Å². The van der Waals surface area contributed by atoms with Crippen LogP contribution >= 0.6 is 12.2 Å². The molecule has 0 spiro atoms. The first-order chi connectivity index (χ1) is 11.5. The predicted molar refractivity (Wildman–Crippen MR) is 96.2 cm³/mol. The number of halogens is 1. The third kappa shape index (κ3) is 3.44. The van der Waals surface area contributed by atoms with Crippen molar-refractivity contribution in [3.8, 4) is 0 Å². The maximum Gasteiger partial charge on any atom is 0.319 e. The van der Waals surface area contributed by atoms with Crippen molar-refractivity contribution in [3.05, 3.63) is 77.2 Å². The van der Waals surface area contributed by atoms with Gasteiger partial charge in [0.25, 0.3) is 0 Å². The largest absolute Gasteiger partial charge is 0.346 e. The molecule has 1 aliphatic heterocycles. The molecule has 0 radical (unpaired) electrons. The van der Waals surface area contributed by atoms with Crippen LogP contribution in [0.15, 0.2) is 65.9 Å². The van der Waals surface area contributed by atoms with Gasteiger partial charge in [-0.1, -0.05) is 42.5 Å². The monoisotopic (exact) mass is 341 g/mol. The SMILES string of the molecule is CC1=C(C(=S)Nc2ccccc2)[C@@H](c2ccc(F)cc2)NC(=O)N1. The number of thiocarbonyl (C=S) groups is 1. The fourth-order valence-corrected chi connectivity index (χ4v) is 3.01. The fourth-order valence-electron chi connectivity index (χ4n) is 2.62. The average Bonchev–Trinajstić information content (AvgIpc) is 2.55. The van der Waals surface area contributed by atoms with Crippen molar-refractivity contribution >= 4 is 28.9 Å². The number of hydrogen-bond acceptors (Lipinski definition) is 2. The minimum atomic E-state index is -0.442. The zero-order valence-corrected chi connectivity index (χ0v) is 13.8. The molecule has 2 aromatic rings. The van der Waals surface area contributed by atoms with Crippen LogP contribution in [0.5, 0.6) is 0 Å². The highest BCUT2D eigenvalue weighted by Gasteiger charge is 2.29. The number of urea groups is 1.